The molecule has 5 nitrogen and oxygen atoms in total. The smallest absolute Gasteiger partial charge is 0.258 e. The van der Waals surface area contributed by atoms with Crippen LogP contribution in [-0.4, -0.2) is 32.7 Å². The van der Waals surface area contributed by atoms with E-state index in [0.29, 0.717) is 17.4 Å². The molecule has 1 aromatic carbocycles. The summed E-state index contributed by atoms with van der Waals surface area (Å²) in [5.41, 5.74) is 7.36. The lowest BCUT2D eigenvalue weighted by Crippen LogP contribution is -2.39. The van der Waals surface area contributed by atoms with Gasteiger partial charge in [0.2, 0.25) is 0 Å². The number of nitrogens with one attached hydrogen (secondary N) is 1. The van der Waals surface area contributed by atoms with Crippen molar-refractivity contribution in [3.63, 3.8) is 0 Å². The highest BCUT2D eigenvalue weighted by molar-refractivity contribution is 5.78. The van der Waals surface area contributed by atoms with Gasteiger partial charge in [-0.15, -0.1) is 0 Å². The van der Waals surface area contributed by atoms with Crippen molar-refractivity contribution in [3.8, 4) is 5.75 Å². The third kappa shape index (κ3) is 4.64. The van der Waals surface area contributed by atoms with Crippen LogP contribution >= 0.6 is 0 Å². The summed E-state index contributed by atoms with van der Waals surface area (Å²) in [6.45, 7) is 6.07. The van der Waals surface area contributed by atoms with Gasteiger partial charge in [0.05, 0.1) is 5.69 Å². The number of ether oxygens (including phenoxy) is 1. The Morgan fingerprint density at radius 1 is 1.35 bits per heavy atom. The van der Waals surface area contributed by atoms with Crippen molar-refractivity contribution < 1.29 is 9.53 Å². The zero-order chi connectivity index (χ0) is 15.3. The minimum absolute atomic E-state index is 0.0296. The monoisotopic (exact) mass is 279 g/mol. The molecule has 3 N–H and O–H groups in total. The third-order valence-corrected chi connectivity index (χ3v) is 3.26. The van der Waals surface area contributed by atoms with E-state index in [2.05, 4.69) is 19.2 Å². The summed E-state index contributed by atoms with van der Waals surface area (Å²) in [6, 6.07) is 5.63. The zero-order valence-corrected chi connectivity index (χ0v) is 12.9. The number of carbonyl (C=O) groups excluding carboxylic acids is 1. The van der Waals surface area contributed by atoms with E-state index in [1.807, 2.05) is 38.1 Å². The van der Waals surface area contributed by atoms with E-state index in [1.165, 1.54) is 0 Å². The highest BCUT2D eigenvalue weighted by Crippen LogP contribution is 2.26. The lowest BCUT2D eigenvalue weighted by atomic mass is 10.1. The van der Waals surface area contributed by atoms with Crippen LogP contribution in [-0.2, 0) is 4.79 Å². The second-order valence-electron chi connectivity index (χ2n) is 5.51. The second-order valence-corrected chi connectivity index (χ2v) is 5.51. The predicted molar refractivity (Wildman–Crippen MR) is 83.1 cm³/mol. The Labute approximate surface area is 121 Å². The van der Waals surface area contributed by atoms with Crippen LogP contribution in [0.4, 0.5) is 11.4 Å². The van der Waals surface area contributed by atoms with Crippen molar-refractivity contribution in [2.45, 2.75) is 26.8 Å². The van der Waals surface area contributed by atoms with Gasteiger partial charge in [0.25, 0.3) is 5.91 Å². The van der Waals surface area contributed by atoms with Crippen molar-refractivity contribution in [1.29, 1.82) is 0 Å². The molecule has 0 spiro atoms. The van der Waals surface area contributed by atoms with Crippen LogP contribution in [0.1, 0.15) is 20.8 Å². The van der Waals surface area contributed by atoms with Crippen molar-refractivity contribution in [1.82, 2.24) is 5.32 Å². The summed E-state index contributed by atoms with van der Waals surface area (Å²) < 4.78 is 5.51. The molecule has 1 aromatic rings. The highest BCUT2D eigenvalue weighted by Gasteiger charge is 2.12. The number of hydrogen-bond acceptors (Lipinski definition) is 4. The summed E-state index contributed by atoms with van der Waals surface area (Å²) in [5, 5.41) is 2.89. The molecule has 0 saturated carbocycles. The van der Waals surface area contributed by atoms with Crippen LogP contribution in [0.5, 0.6) is 5.75 Å². The van der Waals surface area contributed by atoms with Gasteiger partial charge < -0.3 is 20.7 Å². The number of anilines is 2. The number of nitrogens with zero attached hydrogens (tertiary/aromatic N) is 1. The fourth-order valence-electron chi connectivity index (χ4n) is 1.53. The molecule has 0 aliphatic heterocycles. The van der Waals surface area contributed by atoms with E-state index in [0.717, 1.165) is 5.69 Å². The molecule has 0 fully saturated rings. The van der Waals surface area contributed by atoms with E-state index in [-0.39, 0.29) is 18.6 Å². The first-order valence-corrected chi connectivity index (χ1v) is 6.80. The molecule has 112 valence electrons. The van der Waals surface area contributed by atoms with E-state index >= 15 is 0 Å². The Morgan fingerprint density at radius 2 is 2.00 bits per heavy atom. The van der Waals surface area contributed by atoms with Gasteiger partial charge in [0.15, 0.2) is 6.61 Å². The maximum Gasteiger partial charge on any atom is 0.258 e. The molecule has 0 aliphatic rings. The topological polar surface area (TPSA) is 67.6 Å². The first-order valence-electron chi connectivity index (χ1n) is 6.80. The van der Waals surface area contributed by atoms with Crippen LogP contribution in [0.15, 0.2) is 18.2 Å². The lowest BCUT2D eigenvalue weighted by Gasteiger charge is -2.18. The Bertz CT molecular complexity index is 458. The summed E-state index contributed by atoms with van der Waals surface area (Å²) in [6.07, 6.45) is 0. The summed E-state index contributed by atoms with van der Waals surface area (Å²) >= 11 is 0. The third-order valence-electron chi connectivity index (χ3n) is 3.26. The maximum absolute atomic E-state index is 11.8. The molecule has 0 heterocycles. The molecule has 1 atom stereocenters. The van der Waals surface area contributed by atoms with Crippen LogP contribution in [0.25, 0.3) is 0 Å². The standard InChI is InChI=1S/C15H25N3O2/c1-10(2)11(3)17-15(19)9-20-14-8-12(18(4)5)6-7-13(14)16/h6-8,10-11H,9,16H2,1-5H3,(H,17,19). The minimum Gasteiger partial charge on any atom is -0.482 e. The van der Waals surface area contributed by atoms with Gasteiger partial charge in [-0.2, -0.15) is 0 Å². The summed E-state index contributed by atoms with van der Waals surface area (Å²) in [4.78, 5) is 13.7. The SMILES string of the molecule is CC(C)C(C)NC(=O)COc1cc(N(C)C)ccc1N. The molecule has 0 aliphatic carbocycles. The summed E-state index contributed by atoms with van der Waals surface area (Å²) in [5.74, 6) is 0.783. The van der Waals surface area contributed by atoms with E-state index in [4.69, 9.17) is 10.5 Å². The molecule has 0 aromatic heterocycles. The van der Waals surface area contributed by atoms with Crippen LogP contribution < -0.4 is 20.7 Å². The number of rotatable bonds is 6. The van der Waals surface area contributed by atoms with Gasteiger partial charge in [-0.05, 0) is 25.0 Å². The molecule has 1 unspecified atom stereocenters. The van der Waals surface area contributed by atoms with E-state index in [9.17, 15) is 4.79 Å². The molecule has 20 heavy (non-hydrogen) atoms. The van der Waals surface area contributed by atoms with Crippen LogP contribution in [0.2, 0.25) is 0 Å². The quantitative estimate of drug-likeness (QED) is 0.780. The number of benzene rings is 1. The van der Waals surface area contributed by atoms with E-state index < -0.39 is 0 Å². The first kappa shape index (κ1) is 16.1. The molecule has 0 radical (unpaired) electrons. The molecule has 5 heteroatoms. The Kier molecular flexibility index (Phi) is 5.67. The Hall–Kier alpha value is -1.91. The zero-order valence-electron chi connectivity index (χ0n) is 12.9. The summed E-state index contributed by atoms with van der Waals surface area (Å²) in [7, 11) is 3.87. The average Bonchev–Trinajstić information content (AvgIpc) is 2.37. The number of nitrogen functional groups attached to an aromatic ring is 1. The van der Waals surface area contributed by atoms with Gasteiger partial charge in [-0.1, -0.05) is 13.8 Å². The molecular weight excluding hydrogens is 254 g/mol. The fourth-order valence-corrected chi connectivity index (χ4v) is 1.53. The van der Waals surface area contributed by atoms with Gasteiger partial charge in [-0.3, -0.25) is 4.79 Å². The van der Waals surface area contributed by atoms with Crippen LogP contribution in [0, 0.1) is 5.92 Å². The van der Waals surface area contributed by atoms with Crippen molar-refractivity contribution >= 4 is 17.3 Å². The Balaban J connectivity index is 2.61. The number of hydrogen-bond donors (Lipinski definition) is 2. The van der Waals surface area contributed by atoms with Gasteiger partial charge in [-0.25, -0.2) is 0 Å². The van der Waals surface area contributed by atoms with Crippen LogP contribution in [0.3, 0.4) is 0 Å². The number of amides is 1. The number of nitrogens with two attached hydrogens (primary N) is 1. The normalized spacial score (nSPS) is 12.1. The molecule has 0 bridgehead atoms. The van der Waals surface area contributed by atoms with E-state index in [1.54, 1.807) is 6.07 Å². The van der Waals surface area contributed by atoms with Gasteiger partial charge in [0.1, 0.15) is 5.75 Å². The fraction of sp³-hybridized carbons (Fsp3) is 0.533. The highest BCUT2D eigenvalue weighted by atomic mass is 16.5. The van der Waals surface area contributed by atoms with Crippen molar-refractivity contribution in [2.24, 2.45) is 5.92 Å². The molecule has 1 amide bonds. The largest absolute Gasteiger partial charge is 0.482 e. The lowest BCUT2D eigenvalue weighted by molar-refractivity contribution is -0.123. The second kappa shape index (κ2) is 7.03. The number of carbonyl (C=O) groups is 1. The molecule has 0 saturated heterocycles. The first-order chi connectivity index (χ1) is 9.31. The van der Waals surface area contributed by atoms with Gasteiger partial charge in [0, 0.05) is 31.9 Å². The van der Waals surface area contributed by atoms with Gasteiger partial charge >= 0.3 is 0 Å². The molecule has 1 rings (SSSR count). The average molecular weight is 279 g/mol. The predicted octanol–water partition coefficient (Wildman–Crippen LogP) is 1.87. The minimum atomic E-state index is -0.138. The van der Waals surface area contributed by atoms with Crippen molar-refractivity contribution in [2.75, 3.05) is 31.3 Å². The molecular formula is C15H25N3O2. The van der Waals surface area contributed by atoms with Crippen molar-refractivity contribution in [3.05, 3.63) is 18.2 Å². The Morgan fingerprint density at radius 3 is 2.55 bits per heavy atom. The maximum atomic E-state index is 11.8.